The summed E-state index contributed by atoms with van der Waals surface area (Å²) in [6, 6.07) is 8.77. The average Bonchev–Trinajstić information content (AvgIpc) is 2.53. The Morgan fingerprint density at radius 3 is 2.08 bits per heavy atom. The maximum atomic E-state index is 14.0. The zero-order valence-electron chi connectivity index (χ0n) is 14.1. The molecule has 0 aromatic heterocycles. The number of amides is 1. The molecule has 25 heavy (non-hydrogen) atoms. The van der Waals surface area contributed by atoms with Crippen molar-refractivity contribution in [3.8, 4) is 0 Å². The van der Waals surface area contributed by atoms with E-state index in [9.17, 15) is 22.4 Å². The van der Waals surface area contributed by atoms with Crippen LogP contribution < -0.4 is 4.90 Å². The topological polar surface area (TPSA) is 23.6 Å². The number of alkyl halides is 3. The molecule has 0 radical (unpaired) electrons. The van der Waals surface area contributed by atoms with Crippen LogP contribution in [0, 0.1) is 5.82 Å². The third-order valence-corrected chi connectivity index (χ3v) is 3.72. The quantitative estimate of drug-likeness (QED) is 0.769. The van der Waals surface area contributed by atoms with Gasteiger partial charge in [0.1, 0.15) is 5.82 Å². The second-order valence-corrected chi connectivity index (χ2v) is 5.92. The lowest BCUT2D eigenvalue weighted by molar-refractivity contribution is -0.137. The van der Waals surface area contributed by atoms with Gasteiger partial charge < -0.3 is 9.80 Å². The second-order valence-electron chi connectivity index (χ2n) is 5.92. The predicted molar refractivity (Wildman–Crippen MR) is 88.0 cm³/mol. The normalized spacial score (nSPS) is 11.3. The van der Waals surface area contributed by atoms with Crippen LogP contribution in [-0.2, 0) is 12.7 Å². The summed E-state index contributed by atoms with van der Waals surface area (Å²) in [6.45, 7) is 0.119. The summed E-state index contributed by atoms with van der Waals surface area (Å²) in [5.74, 6) is -0.928. The van der Waals surface area contributed by atoms with E-state index in [0.717, 1.165) is 18.2 Å². The van der Waals surface area contributed by atoms with Gasteiger partial charge in [-0.1, -0.05) is 12.1 Å². The Bertz CT molecular complexity index is 755. The number of nitrogens with zero attached hydrogens (tertiary/aromatic N) is 2. The molecule has 0 aliphatic heterocycles. The van der Waals surface area contributed by atoms with Crippen LogP contribution in [0.25, 0.3) is 0 Å². The highest BCUT2D eigenvalue weighted by atomic mass is 19.4. The van der Waals surface area contributed by atoms with E-state index in [-0.39, 0.29) is 12.1 Å². The van der Waals surface area contributed by atoms with Gasteiger partial charge in [-0.05, 0) is 35.9 Å². The maximum absolute atomic E-state index is 14.0. The molecular weight excluding hydrogens is 336 g/mol. The molecule has 2 aromatic carbocycles. The zero-order valence-corrected chi connectivity index (χ0v) is 14.1. The van der Waals surface area contributed by atoms with E-state index in [1.807, 2.05) is 0 Å². The minimum atomic E-state index is -4.40. The number of halogens is 4. The molecule has 0 aliphatic carbocycles. The number of carbonyl (C=O) groups is 1. The van der Waals surface area contributed by atoms with Crippen molar-refractivity contribution in [2.24, 2.45) is 0 Å². The van der Waals surface area contributed by atoms with Crippen molar-refractivity contribution < 1.29 is 22.4 Å². The third-order valence-electron chi connectivity index (χ3n) is 3.72. The number of hydrogen-bond acceptors (Lipinski definition) is 2. The first-order chi connectivity index (χ1) is 11.6. The standard InChI is InChI=1S/C18H18F4N2O/c1-23(2)16-9-6-13(10-15(16)19)17(25)24(3)11-12-4-7-14(8-5-12)18(20,21)22/h4-10H,11H2,1-3H3. The van der Waals surface area contributed by atoms with E-state index in [4.69, 9.17) is 0 Å². The molecule has 3 nitrogen and oxygen atoms in total. The third kappa shape index (κ3) is 4.49. The van der Waals surface area contributed by atoms with Gasteiger partial charge in [0, 0.05) is 33.3 Å². The number of carbonyl (C=O) groups excluding carboxylic acids is 1. The molecule has 134 valence electrons. The van der Waals surface area contributed by atoms with Gasteiger partial charge in [-0.15, -0.1) is 0 Å². The molecule has 0 saturated carbocycles. The lowest BCUT2D eigenvalue weighted by Gasteiger charge is -2.19. The number of rotatable bonds is 4. The SMILES string of the molecule is CN(Cc1ccc(C(F)(F)F)cc1)C(=O)c1ccc(N(C)C)c(F)c1. The second kappa shape index (κ2) is 7.13. The molecule has 0 fully saturated rings. The van der Waals surface area contributed by atoms with Crippen LogP contribution >= 0.6 is 0 Å². The molecule has 1 amide bonds. The largest absolute Gasteiger partial charge is 0.416 e. The fraction of sp³-hybridized carbons (Fsp3) is 0.278. The minimum absolute atomic E-state index is 0.119. The first kappa shape index (κ1) is 18.8. The monoisotopic (exact) mass is 354 g/mol. The van der Waals surface area contributed by atoms with Crippen molar-refractivity contribution in [1.29, 1.82) is 0 Å². The Morgan fingerprint density at radius 1 is 1.00 bits per heavy atom. The lowest BCUT2D eigenvalue weighted by Crippen LogP contribution is -2.26. The van der Waals surface area contributed by atoms with E-state index in [0.29, 0.717) is 11.3 Å². The molecule has 0 spiro atoms. The van der Waals surface area contributed by atoms with Crippen molar-refractivity contribution in [3.63, 3.8) is 0 Å². The molecule has 0 aliphatic rings. The van der Waals surface area contributed by atoms with Gasteiger partial charge >= 0.3 is 6.18 Å². The van der Waals surface area contributed by atoms with Crippen LogP contribution in [0.2, 0.25) is 0 Å². The first-order valence-electron chi connectivity index (χ1n) is 7.48. The van der Waals surface area contributed by atoms with E-state index >= 15 is 0 Å². The number of anilines is 1. The smallest absolute Gasteiger partial charge is 0.375 e. The molecule has 0 atom stereocenters. The van der Waals surface area contributed by atoms with Crippen molar-refractivity contribution >= 4 is 11.6 Å². The van der Waals surface area contributed by atoms with E-state index in [1.165, 1.54) is 36.2 Å². The van der Waals surface area contributed by atoms with Gasteiger partial charge in [0.15, 0.2) is 0 Å². The van der Waals surface area contributed by atoms with Gasteiger partial charge in [-0.3, -0.25) is 4.79 Å². The van der Waals surface area contributed by atoms with Crippen molar-refractivity contribution in [1.82, 2.24) is 4.90 Å². The summed E-state index contributed by atoms with van der Waals surface area (Å²) >= 11 is 0. The summed E-state index contributed by atoms with van der Waals surface area (Å²) in [6.07, 6.45) is -4.40. The molecule has 0 unspecified atom stereocenters. The van der Waals surface area contributed by atoms with Crippen LogP contribution in [0.1, 0.15) is 21.5 Å². The molecule has 0 saturated heterocycles. The summed E-state index contributed by atoms with van der Waals surface area (Å²) in [7, 11) is 4.89. The van der Waals surface area contributed by atoms with Crippen molar-refractivity contribution in [3.05, 3.63) is 65.0 Å². The van der Waals surface area contributed by atoms with Crippen LogP contribution in [0.5, 0.6) is 0 Å². The van der Waals surface area contributed by atoms with Crippen molar-refractivity contribution in [2.45, 2.75) is 12.7 Å². The number of hydrogen-bond donors (Lipinski definition) is 0. The van der Waals surface area contributed by atoms with Gasteiger partial charge in [0.25, 0.3) is 5.91 Å². The Hall–Kier alpha value is -2.57. The summed E-state index contributed by atoms with van der Waals surface area (Å²) < 4.78 is 51.7. The summed E-state index contributed by atoms with van der Waals surface area (Å²) in [4.78, 5) is 15.3. The molecule has 0 heterocycles. The van der Waals surface area contributed by atoms with Crippen molar-refractivity contribution in [2.75, 3.05) is 26.0 Å². The molecule has 0 bridgehead atoms. The van der Waals surface area contributed by atoms with E-state index in [2.05, 4.69) is 0 Å². The van der Waals surface area contributed by atoms with Gasteiger partial charge in [0.2, 0.25) is 0 Å². The molecule has 2 rings (SSSR count). The molecule has 7 heteroatoms. The van der Waals surface area contributed by atoms with Gasteiger partial charge in [-0.2, -0.15) is 13.2 Å². The average molecular weight is 354 g/mol. The molecule has 2 aromatic rings. The Kier molecular flexibility index (Phi) is 5.35. The summed E-state index contributed by atoms with van der Waals surface area (Å²) in [5, 5.41) is 0. The van der Waals surface area contributed by atoms with Gasteiger partial charge in [0.05, 0.1) is 11.3 Å². The Labute approximate surface area is 143 Å². The highest BCUT2D eigenvalue weighted by molar-refractivity contribution is 5.94. The van der Waals surface area contributed by atoms with E-state index < -0.39 is 23.5 Å². The highest BCUT2D eigenvalue weighted by Gasteiger charge is 2.30. The Morgan fingerprint density at radius 2 is 1.60 bits per heavy atom. The van der Waals surface area contributed by atoms with Crippen LogP contribution in [0.4, 0.5) is 23.2 Å². The van der Waals surface area contributed by atoms with E-state index in [1.54, 1.807) is 19.0 Å². The zero-order chi connectivity index (χ0) is 18.8. The predicted octanol–water partition coefficient (Wildman–Crippen LogP) is 4.18. The van der Waals surface area contributed by atoms with Crippen LogP contribution in [-0.4, -0.2) is 32.0 Å². The maximum Gasteiger partial charge on any atom is 0.416 e. The van der Waals surface area contributed by atoms with Crippen LogP contribution in [0.3, 0.4) is 0 Å². The molecular formula is C18H18F4N2O. The van der Waals surface area contributed by atoms with Gasteiger partial charge in [-0.25, -0.2) is 4.39 Å². The summed E-state index contributed by atoms with van der Waals surface area (Å²) in [5.41, 5.74) is 0.347. The van der Waals surface area contributed by atoms with Crippen LogP contribution in [0.15, 0.2) is 42.5 Å². The number of benzene rings is 2. The fourth-order valence-corrected chi connectivity index (χ4v) is 2.37. The molecule has 0 N–H and O–H groups in total. The highest BCUT2D eigenvalue weighted by Crippen LogP contribution is 2.29. The Balaban J connectivity index is 2.11. The minimum Gasteiger partial charge on any atom is -0.375 e. The fourth-order valence-electron chi connectivity index (χ4n) is 2.37. The lowest BCUT2D eigenvalue weighted by atomic mass is 10.1. The first-order valence-corrected chi connectivity index (χ1v) is 7.48.